The Morgan fingerprint density at radius 3 is 2.17 bits per heavy atom. The van der Waals surface area contributed by atoms with Gasteiger partial charge in [-0.15, -0.1) is 0 Å². The summed E-state index contributed by atoms with van der Waals surface area (Å²) < 4.78 is 28.9. The molecule has 1 N–H and O–H groups in total. The van der Waals surface area contributed by atoms with E-state index in [2.05, 4.69) is 5.32 Å². The Labute approximate surface area is 253 Å². The van der Waals surface area contributed by atoms with Crippen molar-refractivity contribution in [3.8, 4) is 0 Å². The summed E-state index contributed by atoms with van der Waals surface area (Å²) in [5.41, 5.74) is 1.95. The Morgan fingerprint density at radius 1 is 0.902 bits per heavy atom. The molecule has 3 aromatic carbocycles. The van der Waals surface area contributed by atoms with Crippen LogP contribution in [-0.2, 0) is 26.0 Å². The first kappa shape index (κ1) is 32.4. The monoisotopic (exact) mass is 617 g/mol. The number of carbonyl (C=O) groups is 2. The summed E-state index contributed by atoms with van der Waals surface area (Å²) in [6.07, 6.45) is 1.57. The summed E-state index contributed by atoms with van der Waals surface area (Å²) in [4.78, 5) is 28.9. The lowest BCUT2D eigenvalue weighted by Gasteiger charge is -2.34. The van der Waals surface area contributed by atoms with Gasteiger partial charge in [0, 0.05) is 12.6 Å². The van der Waals surface area contributed by atoms with Crippen molar-refractivity contribution in [2.75, 3.05) is 17.4 Å². The van der Waals surface area contributed by atoms with Gasteiger partial charge in [-0.05, 0) is 62.9 Å². The topological polar surface area (TPSA) is 86.8 Å². The number of nitrogens with zero attached hydrogens (tertiary/aromatic N) is 2. The van der Waals surface area contributed by atoms with Crippen LogP contribution in [0, 0.1) is 6.92 Å². The zero-order valence-corrected chi connectivity index (χ0v) is 26.1. The molecule has 0 fully saturated rings. The molecule has 2 amide bonds. The molecule has 0 aliphatic rings. The highest BCUT2D eigenvalue weighted by Gasteiger charge is 2.34. The Hall–Kier alpha value is -3.07. The van der Waals surface area contributed by atoms with E-state index in [4.69, 9.17) is 23.2 Å². The summed E-state index contributed by atoms with van der Waals surface area (Å²) in [6.45, 7) is 7.20. The lowest BCUT2D eigenvalue weighted by atomic mass is 10.1. The van der Waals surface area contributed by atoms with Crippen LogP contribution in [0.15, 0.2) is 77.7 Å². The van der Waals surface area contributed by atoms with Crippen LogP contribution in [0.25, 0.3) is 0 Å². The smallest absolute Gasteiger partial charge is 0.264 e. The van der Waals surface area contributed by atoms with Gasteiger partial charge in [-0.3, -0.25) is 13.9 Å². The predicted octanol–water partition coefficient (Wildman–Crippen LogP) is 6.26. The molecule has 0 heterocycles. The van der Waals surface area contributed by atoms with Gasteiger partial charge in [0.15, 0.2) is 0 Å². The van der Waals surface area contributed by atoms with Crippen LogP contribution in [0.5, 0.6) is 0 Å². The standard InChI is InChI=1S/C31H37Cl2N3O4S/c1-5-23(4)34-31(38)27(6-2)35(20-19-24-11-8-7-9-12-24)29(37)21-36(28-14-10-13-26(32)30(28)33)41(39,40)25-17-15-22(3)16-18-25/h7-18,23,27H,5-6,19-21H2,1-4H3,(H,34,38)/t23-,27+/m0/s1. The third kappa shape index (κ3) is 8.24. The molecule has 0 saturated heterocycles. The number of hydrogen-bond donors (Lipinski definition) is 1. The lowest BCUT2D eigenvalue weighted by molar-refractivity contribution is -0.139. The molecule has 3 aromatic rings. The van der Waals surface area contributed by atoms with Crippen molar-refractivity contribution in [1.82, 2.24) is 10.2 Å². The number of anilines is 1. The lowest BCUT2D eigenvalue weighted by Crippen LogP contribution is -2.54. The first-order valence-electron chi connectivity index (χ1n) is 13.7. The van der Waals surface area contributed by atoms with Gasteiger partial charge in [0.05, 0.1) is 20.6 Å². The number of amides is 2. The van der Waals surface area contributed by atoms with E-state index < -0.39 is 28.5 Å². The van der Waals surface area contributed by atoms with E-state index in [1.807, 2.05) is 58.0 Å². The van der Waals surface area contributed by atoms with Gasteiger partial charge in [0.1, 0.15) is 12.6 Å². The van der Waals surface area contributed by atoms with Gasteiger partial charge in [0.2, 0.25) is 11.8 Å². The van der Waals surface area contributed by atoms with Crippen LogP contribution in [0.4, 0.5) is 5.69 Å². The largest absolute Gasteiger partial charge is 0.352 e. The van der Waals surface area contributed by atoms with E-state index in [-0.39, 0.29) is 39.1 Å². The molecular weight excluding hydrogens is 581 g/mol. The predicted molar refractivity (Wildman–Crippen MR) is 166 cm³/mol. The minimum Gasteiger partial charge on any atom is -0.352 e. The number of carbonyl (C=O) groups excluding carboxylic acids is 2. The highest BCUT2D eigenvalue weighted by molar-refractivity contribution is 7.92. The van der Waals surface area contributed by atoms with E-state index in [0.29, 0.717) is 12.8 Å². The summed E-state index contributed by atoms with van der Waals surface area (Å²) in [5, 5.41) is 3.14. The zero-order valence-electron chi connectivity index (χ0n) is 23.8. The molecule has 0 radical (unpaired) electrons. The van der Waals surface area contributed by atoms with Gasteiger partial charge in [-0.2, -0.15) is 0 Å². The van der Waals surface area contributed by atoms with E-state index in [1.54, 1.807) is 24.3 Å². The SMILES string of the molecule is CC[C@H](C(=O)N[C@@H](C)CC)N(CCc1ccccc1)C(=O)CN(c1cccc(Cl)c1Cl)S(=O)(=O)c1ccc(C)cc1. The van der Waals surface area contributed by atoms with Crippen LogP contribution in [-0.4, -0.2) is 50.3 Å². The number of aryl methyl sites for hydroxylation is 1. The van der Waals surface area contributed by atoms with Crippen molar-refractivity contribution in [3.63, 3.8) is 0 Å². The van der Waals surface area contributed by atoms with Crippen molar-refractivity contribution in [1.29, 1.82) is 0 Å². The molecule has 3 rings (SSSR count). The van der Waals surface area contributed by atoms with Gasteiger partial charge in [0.25, 0.3) is 10.0 Å². The van der Waals surface area contributed by atoms with Gasteiger partial charge >= 0.3 is 0 Å². The zero-order chi connectivity index (χ0) is 30.2. The molecule has 0 aromatic heterocycles. The van der Waals surface area contributed by atoms with E-state index in [1.165, 1.54) is 23.1 Å². The second-order valence-corrected chi connectivity index (χ2v) is 12.6. The Kier molecular flexibility index (Phi) is 11.6. The number of halogens is 2. The summed E-state index contributed by atoms with van der Waals surface area (Å²) >= 11 is 12.8. The van der Waals surface area contributed by atoms with Crippen molar-refractivity contribution in [3.05, 3.63) is 94.0 Å². The third-order valence-corrected chi connectivity index (χ3v) is 9.54. The third-order valence-electron chi connectivity index (χ3n) is 6.96. The quantitative estimate of drug-likeness (QED) is 0.245. The molecule has 0 unspecified atom stereocenters. The van der Waals surface area contributed by atoms with E-state index in [9.17, 15) is 18.0 Å². The van der Waals surface area contributed by atoms with Crippen LogP contribution >= 0.6 is 23.2 Å². The number of hydrogen-bond acceptors (Lipinski definition) is 4. The van der Waals surface area contributed by atoms with Gasteiger partial charge in [-0.1, -0.05) is 91.1 Å². The number of sulfonamides is 1. The minimum absolute atomic E-state index is 0.00401. The molecule has 2 atom stereocenters. The van der Waals surface area contributed by atoms with Crippen molar-refractivity contribution in [2.45, 2.75) is 63.9 Å². The maximum atomic E-state index is 14.1. The van der Waals surface area contributed by atoms with Crippen LogP contribution in [0.1, 0.15) is 44.7 Å². The molecule has 10 heteroatoms. The van der Waals surface area contributed by atoms with Gasteiger partial charge in [-0.25, -0.2) is 8.42 Å². The molecule has 0 aliphatic heterocycles. The Balaban J connectivity index is 2.05. The summed E-state index contributed by atoms with van der Waals surface area (Å²) in [5.74, 6) is -0.809. The molecule has 220 valence electrons. The number of rotatable bonds is 13. The average Bonchev–Trinajstić information content (AvgIpc) is 2.96. The second kappa shape index (κ2) is 14.7. The fourth-order valence-corrected chi connectivity index (χ4v) is 6.25. The van der Waals surface area contributed by atoms with E-state index in [0.717, 1.165) is 21.9 Å². The van der Waals surface area contributed by atoms with Crippen LogP contribution in [0.2, 0.25) is 10.0 Å². The first-order valence-corrected chi connectivity index (χ1v) is 15.9. The Bertz CT molecular complexity index is 1430. The summed E-state index contributed by atoms with van der Waals surface area (Å²) in [6, 6.07) is 19.7. The molecule has 7 nitrogen and oxygen atoms in total. The maximum absolute atomic E-state index is 14.1. The van der Waals surface area contributed by atoms with Crippen LogP contribution < -0.4 is 9.62 Å². The van der Waals surface area contributed by atoms with Crippen molar-refractivity contribution < 1.29 is 18.0 Å². The highest BCUT2D eigenvalue weighted by atomic mass is 35.5. The maximum Gasteiger partial charge on any atom is 0.264 e. The molecule has 41 heavy (non-hydrogen) atoms. The van der Waals surface area contributed by atoms with Crippen molar-refractivity contribution >= 4 is 50.7 Å². The molecular formula is C31H37Cl2N3O4S. The Morgan fingerprint density at radius 2 is 1.56 bits per heavy atom. The average molecular weight is 619 g/mol. The van der Waals surface area contributed by atoms with Gasteiger partial charge < -0.3 is 10.2 Å². The molecule has 0 aliphatic carbocycles. The van der Waals surface area contributed by atoms with E-state index >= 15 is 0 Å². The second-order valence-electron chi connectivity index (χ2n) is 9.96. The molecule has 0 spiro atoms. The highest BCUT2D eigenvalue weighted by Crippen LogP contribution is 2.35. The number of nitrogens with one attached hydrogen (secondary N) is 1. The fraction of sp³-hybridized carbons (Fsp3) is 0.355. The summed E-state index contributed by atoms with van der Waals surface area (Å²) in [7, 11) is -4.24. The number of benzene rings is 3. The molecule has 0 saturated carbocycles. The minimum atomic E-state index is -4.24. The molecule has 0 bridgehead atoms. The first-order chi connectivity index (χ1) is 19.5. The normalized spacial score (nSPS) is 12.8. The van der Waals surface area contributed by atoms with Crippen LogP contribution in [0.3, 0.4) is 0 Å². The fourth-order valence-electron chi connectivity index (χ4n) is 4.37. The van der Waals surface area contributed by atoms with Crippen molar-refractivity contribution in [2.24, 2.45) is 0 Å².